The van der Waals surface area contributed by atoms with E-state index in [0.29, 0.717) is 28.5 Å². The lowest BCUT2D eigenvalue weighted by Crippen LogP contribution is -2.17. The van der Waals surface area contributed by atoms with Crippen LogP contribution in [0.15, 0.2) is 42.5 Å². The van der Waals surface area contributed by atoms with Crippen LogP contribution in [0.5, 0.6) is 11.5 Å². The Balaban J connectivity index is 0.00000192. The van der Waals surface area contributed by atoms with Gasteiger partial charge < -0.3 is 14.8 Å². The number of rotatable bonds is 6. The lowest BCUT2D eigenvalue weighted by molar-refractivity contribution is 0.354. The third kappa shape index (κ3) is 4.11. The van der Waals surface area contributed by atoms with Crippen molar-refractivity contribution in [1.82, 2.24) is 5.32 Å². The number of hydrogen-bond donors (Lipinski definition) is 1. The average molecular weight is 354 g/mol. The van der Waals surface area contributed by atoms with E-state index in [4.69, 9.17) is 21.1 Å². The summed E-state index contributed by atoms with van der Waals surface area (Å²) < 4.78 is 10.6. The Labute approximate surface area is 148 Å². The molecule has 0 amide bonds. The Morgan fingerprint density at radius 2 is 1.87 bits per heavy atom. The Hall–Kier alpha value is -1.42. The summed E-state index contributed by atoms with van der Waals surface area (Å²) in [6.45, 7) is 0.772. The molecule has 1 aliphatic carbocycles. The van der Waals surface area contributed by atoms with Gasteiger partial charge in [-0.1, -0.05) is 41.9 Å². The first-order valence-electron chi connectivity index (χ1n) is 7.41. The smallest absolute Gasteiger partial charge is 0.179 e. The monoisotopic (exact) mass is 353 g/mol. The topological polar surface area (TPSA) is 30.5 Å². The van der Waals surface area contributed by atoms with Crippen LogP contribution in [-0.2, 0) is 6.54 Å². The summed E-state index contributed by atoms with van der Waals surface area (Å²) in [6.07, 6.45) is 1.19. The molecule has 0 aromatic heterocycles. The highest BCUT2D eigenvalue weighted by Gasteiger charge is 2.37. The van der Waals surface area contributed by atoms with Gasteiger partial charge in [0.25, 0.3) is 0 Å². The summed E-state index contributed by atoms with van der Waals surface area (Å²) >= 11 is 6.24. The highest BCUT2D eigenvalue weighted by Crippen LogP contribution is 2.41. The van der Waals surface area contributed by atoms with Crippen LogP contribution in [0.1, 0.15) is 23.5 Å². The van der Waals surface area contributed by atoms with E-state index in [9.17, 15) is 0 Å². The van der Waals surface area contributed by atoms with Gasteiger partial charge in [-0.3, -0.25) is 0 Å². The van der Waals surface area contributed by atoms with E-state index in [1.807, 2.05) is 12.1 Å². The third-order valence-electron chi connectivity index (χ3n) is 4.08. The largest absolute Gasteiger partial charge is 0.493 e. The Bertz CT molecular complexity index is 649. The summed E-state index contributed by atoms with van der Waals surface area (Å²) in [7, 11) is 3.22. The quantitative estimate of drug-likeness (QED) is 0.833. The molecule has 1 unspecified atom stereocenters. The minimum absolute atomic E-state index is 0. The van der Waals surface area contributed by atoms with Gasteiger partial charge in [0.05, 0.1) is 19.2 Å². The van der Waals surface area contributed by atoms with Gasteiger partial charge in [0.15, 0.2) is 11.5 Å². The van der Waals surface area contributed by atoms with Crippen LogP contribution in [0.4, 0.5) is 0 Å². The summed E-state index contributed by atoms with van der Waals surface area (Å²) in [5.74, 6) is 1.88. The molecule has 3 rings (SSSR count). The van der Waals surface area contributed by atoms with Crippen molar-refractivity contribution < 1.29 is 9.47 Å². The highest BCUT2D eigenvalue weighted by atomic mass is 35.5. The maximum Gasteiger partial charge on any atom is 0.179 e. The van der Waals surface area contributed by atoms with Crippen molar-refractivity contribution in [3.05, 3.63) is 58.6 Å². The summed E-state index contributed by atoms with van der Waals surface area (Å²) in [4.78, 5) is 0. The van der Waals surface area contributed by atoms with Crippen molar-refractivity contribution in [1.29, 1.82) is 0 Å². The van der Waals surface area contributed by atoms with E-state index < -0.39 is 0 Å². The molecule has 1 N–H and O–H groups in total. The molecule has 0 saturated heterocycles. The second kappa shape index (κ2) is 7.91. The first-order valence-corrected chi connectivity index (χ1v) is 7.79. The van der Waals surface area contributed by atoms with Crippen molar-refractivity contribution in [2.75, 3.05) is 14.2 Å². The molecule has 0 spiro atoms. The van der Waals surface area contributed by atoms with Gasteiger partial charge in [0.1, 0.15) is 0 Å². The zero-order chi connectivity index (χ0) is 15.5. The molecule has 3 nitrogen and oxygen atoms in total. The Morgan fingerprint density at radius 3 is 2.52 bits per heavy atom. The van der Waals surface area contributed by atoms with Crippen LogP contribution in [-0.4, -0.2) is 20.3 Å². The molecule has 23 heavy (non-hydrogen) atoms. The molecule has 0 aliphatic heterocycles. The molecule has 1 fully saturated rings. The molecule has 2 atom stereocenters. The third-order valence-corrected chi connectivity index (χ3v) is 4.36. The second-order valence-electron chi connectivity index (χ2n) is 5.55. The van der Waals surface area contributed by atoms with Gasteiger partial charge in [-0.25, -0.2) is 0 Å². The maximum atomic E-state index is 6.24. The number of methoxy groups -OCH3 is 2. The van der Waals surface area contributed by atoms with E-state index in [0.717, 1.165) is 12.1 Å². The molecular weight excluding hydrogens is 333 g/mol. The minimum Gasteiger partial charge on any atom is -0.493 e. The first kappa shape index (κ1) is 17.9. The van der Waals surface area contributed by atoms with Crippen molar-refractivity contribution in [3.63, 3.8) is 0 Å². The van der Waals surface area contributed by atoms with Gasteiger partial charge in [-0.2, -0.15) is 0 Å². The molecule has 1 saturated carbocycles. The average Bonchev–Trinajstić information content (AvgIpc) is 3.33. The molecule has 5 heteroatoms. The molecule has 0 bridgehead atoms. The molecule has 1 aliphatic rings. The van der Waals surface area contributed by atoms with Gasteiger partial charge in [-0.05, 0) is 29.7 Å². The fraction of sp³-hybridized carbons (Fsp3) is 0.333. The van der Waals surface area contributed by atoms with Crippen molar-refractivity contribution in [2.24, 2.45) is 0 Å². The van der Waals surface area contributed by atoms with E-state index >= 15 is 0 Å². The number of ether oxygens (including phenoxy) is 2. The van der Waals surface area contributed by atoms with Crippen LogP contribution >= 0.6 is 24.0 Å². The van der Waals surface area contributed by atoms with Crippen LogP contribution in [0, 0.1) is 0 Å². The lowest BCUT2D eigenvalue weighted by Gasteiger charge is -2.12. The van der Waals surface area contributed by atoms with E-state index in [1.165, 1.54) is 12.0 Å². The van der Waals surface area contributed by atoms with Crippen molar-refractivity contribution in [2.45, 2.75) is 24.9 Å². The highest BCUT2D eigenvalue weighted by molar-refractivity contribution is 6.32. The molecule has 124 valence electrons. The summed E-state index contributed by atoms with van der Waals surface area (Å²) in [5, 5.41) is 4.16. The SMILES string of the molecule is COc1cc(CN[C@H]2CC2c2ccccc2)cc(Cl)c1OC.Cl. The van der Waals surface area contributed by atoms with Gasteiger partial charge in [0.2, 0.25) is 0 Å². The normalized spacial score (nSPS) is 18.9. The first-order chi connectivity index (χ1) is 10.7. The van der Waals surface area contributed by atoms with Gasteiger partial charge in [0, 0.05) is 18.5 Å². The predicted molar refractivity (Wildman–Crippen MR) is 96.2 cm³/mol. The molecule has 0 radical (unpaired) electrons. The van der Waals surface area contributed by atoms with E-state index in [-0.39, 0.29) is 12.4 Å². The summed E-state index contributed by atoms with van der Waals surface area (Å²) in [5.41, 5.74) is 2.51. The van der Waals surface area contributed by atoms with Crippen LogP contribution in [0.3, 0.4) is 0 Å². The number of benzene rings is 2. The van der Waals surface area contributed by atoms with Crippen molar-refractivity contribution >= 4 is 24.0 Å². The molecule has 2 aromatic carbocycles. The number of hydrogen-bond acceptors (Lipinski definition) is 3. The standard InChI is InChI=1S/C18H20ClNO2.ClH/c1-21-17-9-12(8-15(19)18(17)22-2)11-20-16-10-14(16)13-6-4-3-5-7-13;/h3-9,14,16,20H,10-11H2,1-2H3;1H/t14?,16-;/m0./s1. The van der Waals surface area contributed by atoms with Crippen LogP contribution < -0.4 is 14.8 Å². The van der Waals surface area contributed by atoms with Gasteiger partial charge in [-0.15, -0.1) is 12.4 Å². The molecule has 2 aromatic rings. The fourth-order valence-electron chi connectivity index (χ4n) is 2.81. The maximum absolute atomic E-state index is 6.24. The number of nitrogens with one attached hydrogen (secondary N) is 1. The minimum atomic E-state index is 0. The Morgan fingerprint density at radius 1 is 1.13 bits per heavy atom. The van der Waals surface area contributed by atoms with Crippen LogP contribution in [0.2, 0.25) is 5.02 Å². The fourth-order valence-corrected chi connectivity index (χ4v) is 3.12. The number of halogens is 2. The summed E-state index contributed by atoms with van der Waals surface area (Å²) in [6, 6.07) is 15.1. The van der Waals surface area contributed by atoms with Crippen LogP contribution in [0.25, 0.3) is 0 Å². The molecule has 0 heterocycles. The zero-order valence-corrected chi connectivity index (χ0v) is 14.8. The van der Waals surface area contributed by atoms with Gasteiger partial charge >= 0.3 is 0 Å². The predicted octanol–water partition coefficient (Wildman–Crippen LogP) is 4.42. The Kier molecular flexibility index (Phi) is 6.17. The second-order valence-corrected chi connectivity index (χ2v) is 5.96. The lowest BCUT2D eigenvalue weighted by atomic mass is 10.1. The van der Waals surface area contributed by atoms with Crippen molar-refractivity contribution in [3.8, 4) is 11.5 Å². The zero-order valence-electron chi connectivity index (χ0n) is 13.2. The van der Waals surface area contributed by atoms with E-state index in [1.54, 1.807) is 14.2 Å². The molecular formula is C18H21Cl2NO2. The van der Waals surface area contributed by atoms with E-state index in [2.05, 4.69) is 35.6 Å².